The Balaban J connectivity index is 2.44. The Labute approximate surface area is 105 Å². The van der Waals surface area contributed by atoms with Gasteiger partial charge in [-0.25, -0.2) is 0 Å². The van der Waals surface area contributed by atoms with Crippen molar-refractivity contribution in [1.29, 1.82) is 0 Å². The molecule has 96 valence electrons. The maximum Gasteiger partial charge on any atom is 0.122 e. The number of para-hydroxylation sites is 1. The van der Waals surface area contributed by atoms with Gasteiger partial charge >= 0.3 is 0 Å². The van der Waals surface area contributed by atoms with Crippen molar-refractivity contribution in [3.05, 3.63) is 29.8 Å². The van der Waals surface area contributed by atoms with E-state index in [1.54, 1.807) is 7.11 Å². The van der Waals surface area contributed by atoms with Crippen LogP contribution in [0.2, 0.25) is 0 Å². The summed E-state index contributed by atoms with van der Waals surface area (Å²) in [7, 11) is 3.86. The predicted molar refractivity (Wildman–Crippen MR) is 72.4 cm³/mol. The summed E-state index contributed by atoms with van der Waals surface area (Å²) in [6.07, 6.45) is 1.01. The van der Waals surface area contributed by atoms with Crippen molar-refractivity contribution in [3.63, 3.8) is 0 Å². The van der Waals surface area contributed by atoms with Crippen LogP contribution in [0, 0.1) is 5.92 Å². The average molecular weight is 236 g/mol. The van der Waals surface area contributed by atoms with Gasteiger partial charge < -0.3 is 15.4 Å². The van der Waals surface area contributed by atoms with E-state index in [0.717, 1.165) is 31.8 Å². The van der Waals surface area contributed by atoms with E-state index in [0.29, 0.717) is 5.92 Å². The topological polar surface area (TPSA) is 38.5 Å². The van der Waals surface area contributed by atoms with Crippen LogP contribution in [0.3, 0.4) is 0 Å². The smallest absolute Gasteiger partial charge is 0.122 e. The van der Waals surface area contributed by atoms with E-state index in [1.807, 2.05) is 12.1 Å². The van der Waals surface area contributed by atoms with Crippen molar-refractivity contribution in [3.8, 4) is 5.75 Å². The van der Waals surface area contributed by atoms with E-state index in [-0.39, 0.29) is 0 Å². The molecule has 0 saturated heterocycles. The maximum absolute atomic E-state index is 5.63. The molecule has 0 aliphatic heterocycles. The van der Waals surface area contributed by atoms with Crippen LogP contribution in [-0.2, 0) is 6.42 Å². The molecule has 0 saturated carbocycles. The van der Waals surface area contributed by atoms with Crippen molar-refractivity contribution in [2.75, 3.05) is 33.8 Å². The lowest BCUT2D eigenvalue weighted by Crippen LogP contribution is -2.30. The quantitative estimate of drug-likeness (QED) is 0.784. The Morgan fingerprint density at radius 1 is 1.35 bits per heavy atom. The molecule has 1 rings (SSSR count). The monoisotopic (exact) mass is 236 g/mol. The van der Waals surface area contributed by atoms with E-state index in [2.05, 4.69) is 31.0 Å². The number of likely N-dealkylation sites (N-methyl/N-ethyl adjacent to an activating group) is 1. The molecule has 0 spiro atoms. The standard InChI is InChI=1S/C14H24N2O/c1-12(10-15)11-16(2)9-8-13-6-4-5-7-14(13)17-3/h4-7,12H,8-11,15H2,1-3H3. The van der Waals surface area contributed by atoms with Gasteiger partial charge in [-0.15, -0.1) is 0 Å². The van der Waals surface area contributed by atoms with E-state index in [4.69, 9.17) is 10.5 Å². The third-order valence-corrected chi connectivity index (χ3v) is 2.98. The molecule has 2 N–H and O–H groups in total. The average Bonchev–Trinajstić information content (AvgIpc) is 2.36. The van der Waals surface area contributed by atoms with Gasteiger partial charge in [0.15, 0.2) is 0 Å². The lowest BCUT2D eigenvalue weighted by molar-refractivity contribution is 0.291. The van der Waals surface area contributed by atoms with E-state index >= 15 is 0 Å². The SMILES string of the molecule is COc1ccccc1CCN(C)CC(C)CN. The second-order valence-corrected chi connectivity index (χ2v) is 4.66. The van der Waals surface area contributed by atoms with Gasteiger partial charge in [-0.1, -0.05) is 25.1 Å². The van der Waals surface area contributed by atoms with Crippen LogP contribution in [-0.4, -0.2) is 38.7 Å². The zero-order chi connectivity index (χ0) is 12.7. The van der Waals surface area contributed by atoms with Gasteiger partial charge in [0.2, 0.25) is 0 Å². The summed E-state index contributed by atoms with van der Waals surface area (Å²) in [5.74, 6) is 1.53. The number of rotatable bonds is 7. The Hall–Kier alpha value is -1.06. The first-order valence-corrected chi connectivity index (χ1v) is 6.18. The number of nitrogens with zero attached hydrogens (tertiary/aromatic N) is 1. The van der Waals surface area contributed by atoms with E-state index < -0.39 is 0 Å². The Morgan fingerprint density at radius 2 is 2.06 bits per heavy atom. The first-order chi connectivity index (χ1) is 8.17. The molecule has 0 aliphatic carbocycles. The highest BCUT2D eigenvalue weighted by atomic mass is 16.5. The Morgan fingerprint density at radius 3 is 2.71 bits per heavy atom. The second-order valence-electron chi connectivity index (χ2n) is 4.66. The number of methoxy groups -OCH3 is 1. The van der Waals surface area contributed by atoms with Gasteiger partial charge in [0.25, 0.3) is 0 Å². The molecular formula is C14H24N2O. The number of hydrogen-bond donors (Lipinski definition) is 1. The summed E-state index contributed by atoms with van der Waals surface area (Å²) in [5, 5.41) is 0. The molecule has 0 aliphatic rings. The van der Waals surface area contributed by atoms with Crippen molar-refractivity contribution >= 4 is 0 Å². The Bertz CT molecular complexity index is 328. The van der Waals surface area contributed by atoms with Crippen molar-refractivity contribution in [2.24, 2.45) is 11.7 Å². The fourth-order valence-corrected chi connectivity index (χ4v) is 1.92. The molecule has 1 unspecified atom stereocenters. The van der Waals surface area contributed by atoms with Gasteiger partial charge in [0.1, 0.15) is 5.75 Å². The van der Waals surface area contributed by atoms with Gasteiger partial charge in [-0.3, -0.25) is 0 Å². The highest BCUT2D eigenvalue weighted by Gasteiger charge is 2.06. The molecule has 0 heterocycles. The molecule has 3 heteroatoms. The fraction of sp³-hybridized carbons (Fsp3) is 0.571. The molecule has 0 radical (unpaired) electrons. The van der Waals surface area contributed by atoms with Crippen molar-refractivity contribution < 1.29 is 4.74 Å². The summed E-state index contributed by atoms with van der Waals surface area (Å²) >= 11 is 0. The highest BCUT2D eigenvalue weighted by Crippen LogP contribution is 2.17. The van der Waals surface area contributed by atoms with Crippen LogP contribution >= 0.6 is 0 Å². The third-order valence-electron chi connectivity index (χ3n) is 2.98. The molecular weight excluding hydrogens is 212 g/mol. The van der Waals surface area contributed by atoms with E-state index in [9.17, 15) is 0 Å². The van der Waals surface area contributed by atoms with Crippen LogP contribution in [0.25, 0.3) is 0 Å². The molecule has 1 aromatic rings. The third kappa shape index (κ3) is 4.75. The van der Waals surface area contributed by atoms with Crippen molar-refractivity contribution in [1.82, 2.24) is 4.90 Å². The molecule has 0 fully saturated rings. The fourth-order valence-electron chi connectivity index (χ4n) is 1.92. The molecule has 3 nitrogen and oxygen atoms in total. The minimum atomic E-state index is 0.553. The summed E-state index contributed by atoms with van der Waals surface area (Å²) in [5.41, 5.74) is 6.89. The van der Waals surface area contributed by atoms with Gasteiger partial charge in [0.05, 0.1) is 7.11 Å². The Kier molecular flexibility index (Phi) is 6.01. The van der Waals surface area contributed by atoms with Gasteiger partial charge in [-0.2, -0.15) is 0 Å². The molecule has 1 aromatic carbocycles. The van der Waals surface area contributed by atoms with Crippen LogP contribution in [0.1, 0.15) is 12.5 Å². The van der Waals surface area contributed by atoms with Crippen LogP contribution in [0.4, 0.5) is 0 Å². The minimum Gasteiger partial charge on any atom is -0.496 e. The lowest BCUT2D eigenvalue weighted by atomic mass is 10.1. The maximum atomic E-state index is 5.63. The zero-order valence-electron chi connectivity index (χ0n) is 11.1. The lowest BCUT2D eigenvalue weighted by Gasteiger charge is -2.20. The van der Waals surface area contributed by atoms with Crippen LogP contribution < -0.4 is 10.5 Å². The summed E-state index contributed by atoms with van der Waals surface area (Å²) in [6.45, 7) is 5.01. The molecule has 17 heavy (non-hydrogen) atoms. The number of benzene rings is 1. The largest absolute Gasteiger partial charge is 0.496 e. The first kappa shape index (κ1) is 14.0. The summed E-state index contributed by atoms with van der Waals surface area (Å²) in [4.78, 5) is 2.32. The minimum absolute atomic E-state index is 0.553. The van der Waals surface area contributed by atoms with Gasteiger partial charge in [-0.05, 0) is 37.6 Å². The molecule has 0 aromatic heterocycles. The number of nitrogens with two attached hydrogens (primary N) is 1. The van der Waals surface area contributed by atoms with E-state index in [1.165, 1.54) is 5.56 Å². The summed E-state index contributed by atoms with van der Waals surface area (Å²) < 4.78 is 5.34. The summed E-state index contributed by atoms with van der Waals surface area (Å²) in [6, 6.07) is 8.19. The zero-order valence-corrected chi connectivity index (χ0v) is 11.1. The molecule has 1 atom stereocenters. The normalized spacial score (nSPS) is 12.8. The van der Waals surface area contributed by atoms with Crippen LogP contribution in [0.15, 0.2) is 24.3 Å². The van der Waals surface area contributed by atoms with Crippen molar-refractivity contribution in [2.45, 2.75) is 13.3 Å². The predicted octanol–water partition coefficient (Wildman–Crippen LogP) is 1.76. The second kappa shape index (κ2) is 7.30. The number of ether oxygens (including phenoxy) is 1. The first-order valence-electron chi connectivity index (χ1n) is 6.18. The molecule has 0 bridgehead atoms. The highest BCUT2D eigenvalue weighted by molar-refractivity contribution is 5.33. The van der Waals surface area contributed by atoms with Crippen LogP contribution in [0.5, 0.6) is 5.75 Å². The van der Waals surface area contributed by atoms with Gasteiger partial charge in [0, 0.05) is 13.1 Å². The molecule has 0 amide bonds. The number of hydrogen-bond acceptors (Lipinski definition) is 3.